The van der Waals surface area contributed by atoms with Gasteiger partial charge in [-0.1, -0.05) is 11.3 Å². The van der Waals surface area contributed by atoms with Gasteiger partial charge in [0, 0.05) is 25.2 Å². The SMILES string of the molecule is O=C(c1ccc([N+](=O)[O-])s1)N1C[C@@H]2CCCN[C@@H]2C1. The van der Waals surface area contributed by atoms with E-state index >= 15 is 0 Å². The number of nitro groups is 1. The van der Waals surface area contributed by atoms with Crippen LogP contribution in [0.4, 0.5) is 5.00 Å². The first-order chi connectivity index (χ1) is 9.15. The third-order valence-corrected chi connectivity index (χ3v) is 4.89. The van der Waals surface area contributed by atoms with Crippen LogP contribution in [0.2, 0.25) is 0 Å². The van der Waals surface area contributed by atoms with E-state index in [4.69, 9.17) is 0 Å². The van der Waals surface area contributed by atoms with E-state index in [1.807, 2.05) is 4.90 Å². The molecule has 1 N–H and O–H groups in total. The van der Waals surface area contributed by atoms with Gasteiger partial charge in [0.1, 0.15) is 0 Å². The Morgan fingerprint density at radius 2 is 2.32 bits per heavy atom. The first-order valence-corrected chi connectivity index (χ1v) is 7.23. The standard InChI is InChI=1S/C12H15N3O3S/c16-12(10-3-4-11(19-10)15(17)18)14-6-8-2-1-5-13-9(8)7-14/h3-4,8-9,13H,1-2,5-7H2/t8-,9+/m0/s1. The Balaban J connectivity index is 1.71. The quantitative estimate of drug-likeness (QED) is 0.658. The molecule has 1 amide bonds. The van der Waals surface area contributed by atoms with Gasteiger partial charge in [-0.2, -0.15) is 0 Å². The number of amides is 1. The Bertz CT molecular complexity index is 502. The van der Waals surface area contributed by atoms with Crippen LogP contribution in [-0.2, 0) is 0 Å². The van der Waals surface area contributed by atoms with E-state index in [1.54, 1.807) is 6.07 Å². The van der Waals surface area contributed by atoms with Gasteiger partial charge in [-0.3, -0.25) is 14.9 Å². The molecule has 0 saturated carbocycles. The highest BCUT2D eigenvalue weighted by Crippen LogP contribution is 2.29. The van der Waals surface area contributed by atoms with Crippen LogP contribution < -0.4 is 5.32 Å². The van der Waals surface area contributed by atoms with Crippen LogP contribution in [0.15, 0.2) is 12.1 Å². The van der Waals surface area contributed by atoms with Crippen molar-refractivity contribution in [3.63, 3.8) is 0 Å². The number of hydrogen-bond donors (Lipinski definition) is 1. The van der Waals surface area contributed by atoms with Crippen LogP contribution in [0.3, 0.4) is 0 Å². The van der Waals surface area contributed by atoms with E-state index in [2.05, 4.69) is 5.32 Å². The lowest BCUT2D eigenvalue weighted by atomic mass is 9.94. The summed E-state index contributed by atoms with van der Waals surface area (Å²) in [5.41, 5.74) is 0. The average molecular weight is 281 g/mol. The van der Waals surface area contributed by atoms with E-state index < -0.39 is 4.92 Å². The molecule has 7 heteroatoms. The van der Waals surface area contributed by atoms with Gasteiger partial charge >= 0.3 is 5.00 Å². The summed E-state index contributed by atoms with van der Waals surface area (Å²) in [6.45, 7) is 2.51. The number of nitrogens with zero attached hydrogens (tertiary/aromatic N) is 2. The molecule has 3 heterocycles. The van der Waals surface area contributed by atoms with Crippen molar-refractivity contribution in [2.45, 2.75) is 18.9 Å². The molecule has 102 valence electrons. The Morgan fingerprint density at radius 1 is 1.47 bits per heavy atom. The molecular weight excluding hydrogens is 266 g/mol. The first-order valence-electron chi connectivity index (χ1n) is 6.42. The zero-order chi connectivity index (χ0) is 13.4. The molecule has 2 fully saturated rings. The van der Waals surface area contributed by atoms with Crippen LogP contribution in [0, 0.1) is 16.0 Å². The van der Waals surface area contributed by atoms with Crippen LogP contribution in [0.5, 0.6) is 0 Å². The maximum Gasteiger partial charge on any atom is 0.324 e. The Kier molecular flexibility index (Phi) is 3.24. The van der Waals surface area contributed by atoms with Crippen molar-refractivity contribution in [3.8, 4) is 0 Å². The maximum absolute atomic E-state index is 12.3. The molecule has 0 aliphatic carbocycles. The number of fused-ring (bicyclic) bond motifs is 1. The molecule has 0 radical (unpaired) electrons. The van der Waals surface area contributed by atoms with Crippen molar-refractivity contribution < 1.29 is 9.72 Å². The van der Waals surface area contributed by atoms with Crippen LogP contribution in [0.25, 0.3) is 0 Å². The van der Waals surface area contributed by atoms with Gasteiger partial charge in [-0.15, -0.1) is 0 Å². The van der Waals surface area contributed by atoms with Gasteiger partial charge < -0.3 is 10.2 Å². The highest BCUT2D eigenvalue weighted by atomic mass is 32.1. The fraction of sp³-hybridized carbons (Fsp3) is 0.583. The van der Waals surface area contributed by atoms with Crippen molar-refractivity contribution >= 4 is 22.2 Å². The minimum Gasteiger partial charge on any atom is -0.336 e. The van der Waals surface area contributed by atoms with E-state index in [-0.39, 0.29) is 10.9 Å². The number of nitrogens with one attached hydrogen (secondary N) is 1. The molecule has 1 aromatic heterocycles. The molecule has 3 rings (SSSR count). The number of hydrogen-bond acceptors (Lipinski definition) is 5. The minimum atomic E-state index is -0.452. The van der Waals surface area contributed by atoms with Gasteiger partial charge in [0.05, 0.1) is 9.80 Å². The smallest absolute Gasteiger partial charge is 0.324 e. The lowest BCUT2D eigenvalue weighted by Crippen LogP contribution is -2.41. The van der Waals surface area contributed by atoms with Gasteiger partial charge in [-0.25, -0.2) is 0 Å². The highest BCUT2D eigenvalue weighted by Gasteiger charge is 2.37. The molecule has 0 unspecified atom stereocenters. The zero-order valence-electron chi connectivity index (χ0n) is 10.4. The molecule has 1 aromatic rings. The second-order valence-corrected chi connectivity index (χ2v) is 6.13. The lowest BCUT2D eigenvalue weighted by Gasteiger charge is -2.24. The van der Waals surface area contributed by atoms with E-state index in [0.717, 1.165) is 43.8 Å². The Hall–Kier alpha value is -1.47. The number of carbonyl (C=O) groups excluding carboxylic acids is 1. The summed E-state index contributed by atoms with van der Waals surface area (Å²) in [5.74, 6) is 0.460. The summed E-state index contributed by atoms with van der Waals surface area (Å²) in [7, 11) is 0. The summed E-state index contributed by atoms with van der Waals surface area (Å²) in [4.78, 5) is 24.8. The van der Waals surface area contributed by atoms with Crippen molar-refractivity contribution in [2.24, 2.45) is 5.92 Å². The van der Waals surface area contributed by atoms with Gasteiger partial charge in [0.15, 0.2) is 0 Å². The summed E-state index contributed by atoms with van der Waals surface area (Å²) in [6.07, 6.45) is 2.32. The minimum absolute atomic E-state index is 0.0260. The Labute approximate surface area is 114 Å². The fourth-order valence-electron chi connectivity index (χ4n) is 2.91. The largest absolute Gasteiger partial charge is 0.336 e. The van der Waals surface area contributed by atoms with E-state index in [0.29, 0.717) is 16.8 Å². The number of piperidine rings is 1. The third-order valence-electron chi connectivity index (χ3n) is 3.87. The number of carbonyl (C=O) groups is 1. The van der Waals surface area contributed by atoms with Gasteiger partial charge in [0.2, 0.25) is 0 Å². The molecule has 19 heavy (non-hydrogen) atoms. The van der Waals surface area contributed by atoms with Crippen LogP contribution in [-0.4, -0.2) is 41.4 Å². The topological polar surface area (TPSA) is 75.5 Å². The number of rotatable bonds is 2. The Morgan fingerprint density at radius 3 is 3.00 bits per heavy atom. The molecule has 2 atom stereocenters. The van der Waals surface area contributed by atoms with Crippen molar-refractivity contribution in [1.29, 1.82) is 0 Å². The molecular formula is C12H15N3O3S. The third kappa shape index (κ3) is 2.35. The number of likely N-dealkylation sites (tertiary alicyclic amines) is 1. The average Bonchev–Trinajstić information content (AvgIpc) is 3.04. The summed E-state index contributed by atoms with van der Waals surface area (Å²) < 4.78 is 0. The first kappa shape index (κ1) is 12.6. The lowest BCUT2D eigenvalue weighted by molar-refractivity contribution is -0.380. The molecule has 2 saturated heterocycles. The van der Waals surface area contributed by atoms with Crippen molar-refractivity contribution in [3.05, 3.63) is 27.1 Å². The summed E-state index contributed by atoms with van der Waals surface area (Å²) in [6, 6.07) is 3.35. The molecule has 6 nitrogen and oxygen atoms in total. The van der Waals surface area contributed by atoms with Crippen LogP contribution in [0.1, 0.15) is 22.5 Å². The highest BCUT2D eigenvalue weighted by molar-refractivity contribution is 7.17. The second kappa shape index (κ2) is 4.90. The summed E-state index contributed by atoms with van der Waals surface area (Å²) >= 11 is 0.959. The predicted molar refractivity (Wildman–Crippen MR) is 71.4 cm³/mol. The fourth-order valence-corrected chi connectivity index (χ4v) is 3.70. The molecule has 0 aromatic carbocycles. The molecule has 2 aliphatic rings. The van der Waals surface area contributed by atoms with Crippen LogP contribution >= 0.6 is 11.3 Å². The molecule has 0 spiro atoms. The molecule has 2 aliphatic heterocycles. The van der Waals surface area contributed by atoms with E-state index in [1.165, 1.54) is 6.07 Å². The van der Waals surface area contributed by atoms with Gasteiger partial charge in [0.25, 0.3) is 5.91 Å². The summed E-state index contributed by atoms with van der Waals surface area (Å²) in [5, 5.41) is 14.1. The zero-order valence-corrected chi connectivity index (χ0v) is 11.2. The van der Waals surface area contributed by atoms with E-state index in [9.17, 15) is 14.9 Å². The maximum atomic E-state index is 12.3. The normalized spacial score (nSPS) is 26.2. The van der Waals surface area contributed by atoms with Gasteiger partial charge in [-0.05, 0) is 31.4 Å². The van der Waals surface area contributed by atoms with Crippen molar-refractivity contribution in [1.82, 2.24) is 10.2 Å². The number of thiophene rings is 1. The monoisotopic (exact) mass is 281 g/mol. The molecule has 0 bridgehead atoms. The van der Waals surface area contributed by atoms with Crippen molar-refractivity contribution in [2.75, 3.05) is 19.6 Å². The predicted octanol–water partition coefficient (Wildman–Crippen LogP) is 1.48. The second-order valence-electron chi connectivity index (χ2n) is 5.07.